The molecule has 3 rings (SSSR count). The van der Waals surface area contributed by atoms with Gasteiger partial charge in [-0.05, 0) is 36.8 Å². The first-order valence-electron chi connectivity index (χ1n) is 6.99. The Kier molecular flexibility index (Phi) is 3.13. The molecule has 2 aliphatic rings. The zero-order chi connectivity index (χ0) is 14.3. The molecule has 0 spiro atoms. The zero-order valence-electron chi connectivity index (χ0n) is 11.5. The van der Waals surface area contributed by atoms with Crippen LogP contribution >= 0.6 is 0 Å². The first-order chi connectivity index (χ1) is 9.52. The second kappa shape index (κ2) is 4.70. The average Bonchev–Trinajstić information content (AvgIpc) is 2.98. The average molecular weight is 274 g/mol. The van der Waals surface area contributed by atoms with Crippen LogP contribution in [-0.4, -0.2) is 17.5 Å². The molecule has 3 nitrogen and oxygen atoms in total. The number of rotatable bonds is 4. The molecule has 3 atom stereocenters. The third-order valence-electron chi connectivity index (χ3n) is 4.64. The van der Waals surface area contributed by atoms with Crippen LogP contribution in [0.25, 0.3) is 5.57 Å². The Labute approximate surface area is 118 Å². The highest BCUT2D eigenvalue weighted by molar-refractivity contribution is 5.81. The number of primary amides is 1. The van der Waals surface area contributed by atoms with E-state index < -0.39 is 0 Å². The molecule has 1 amide bonds. The lowest BCUT2D eigenvalue weighted by Gasteiger charge is -2.17. The lowest BCUT2D eigenvalue weighted by Crippen LogP contribution is -2.43. The maximum Gasteiger partial charge on any atom is 0.234 e. The van der Waals surface area contributed by atoms with E-state index in [1.807, 2.05) is 30.3 Å². The molecule has 3 N–H and O–H groups in total. The van der Waals surface area contributed by atoms with Gasteiger partial charge < -0.3 is 5.73 Å². The first-order valence-corrected chi connectivity index (χ1v) is 6.99. The summed E-state index contributed by atoms with van der Waals surface area (Å²) >= 11 is 0. The van der Waals surface area contributed by atoms with Gasteiger partial charge in [-0.2, -0.15) is 0 Å². The van der Waals surface area contributed by atoms with Gasteiger partial charge in [0.2, 0.25) is 5.91 Å². The zero-order valence-corrected chi connectivity index (χ0v) is 11.5. The van der Waals surface area contributed by atoms with Gasteiger partial charge in [-0.1, -0.05) is 30.3 Å². The Hall–Kier alpha value is -1.68. The van der Waals surface area contributed by atoms with E-state index in [2.05, 4.69) is 5.32 Å². The number of benzene rings is 1. The highest BCUT2D eigenvalue weighted by Crippen LogP contribution is 2.55. The Morgan fingerprint density at radius 2 is 2.15 bits per heavy atom. The fraction of sp³-hybridized carbons (Fsp3) is 0.438. The Morgan fingerprint density at radius 1 is 1.45 bits per heavy atom. The number of fused-ring (bicyclic) bond motifs is 1. The number of piperidine rings is 1. The molecule has 0 aromatic heterocycles. The molecule has 1 aliphatic carbocycles. The third kappa shape index (κ3) is 2.24. The summed E-state index contributed by atoms with van der Waals surface area (Å²) in [5.41, 5.74) is 6.66. The molecule has 1 aromatic rings. The van der Waals surface area contributed by atoms with Crippen molar-refractivity contribution in [3.63, 3.8) is 0 Å². The molecule has 106 valence electrons. The summed E-state index contributed by atoms with van der Waals surface area (Å²) < 4.78 is 14.5. The van der Waals surface area contributed by atoms with Crippen LogP contribution < -0.4 is 11.1 Å². The van der Waals surface area contributed by atoms with Crippen LogP contribution in [0.2, 0.25) is 0 Å². The smallest absolute Gasteiger partial charge is 0.234 e. The fourth-order valence-corrected chi connectivity index (χ4v) is 3.27. The predicted octanol–water partition coefficient (Wildman–Crippen LogP) is 2.38. The van der Waals surface area contributed by atoms with Gasteiger partial charge in [-0.15, -0.1) is 0 Å². The highest BCUT2D eigenvalue weighted by atomic mass is 19.1. The van der Waals surface area contributed by atoms with Crippen LogP contribution in [0.1, 0.15) is 31.7 Å². The molecular formula is C16H19FN2O. The maximum absolute atomic E-state index is 14.5. The van der Waals surface area contributed by atoms with Crippen molar-refractivity contribution >= 4 is 11.5 Å². The van der Waals surface area contributed by atoms with Gasteiger partial charge in [-0.3, -0.25) is 10.1 Å². The van der Waals surface area contributed by atoms with Crippen molar-refractivity contribution in [2.45, 2.75) is 37.8 Å². The minimum Gasteiger partial charge on any atom is -0.368 e. The van der Waals surface area contributed by atoms with Crippen molar-refractivity contribution in [1.29, 1.82) is 0 Å². The summed E-state index contributed by atoms with van der Waals surface area (Å²) in [5, 5.41) is 3.23. The Bertz CT molecular complexity index is 569. The van der Waals surface area contributed by atoms with Gasteiger partial charge >= 0.3 is 0 Å². The van der Waals surface area contributed by atoms with E-state index in [0.29, 0.717) is 17.9 Å². The molecule has 1 heterocycles. The summed E-state index contributed by atoms with van der Waals surface area (Å²) in [6.45, 7) is 1.80. The monoisotopic (exact) mass is 274 g/mol. The predicted molar refractivity (Wildman–Crippen MR) is 76.3 cm³/mol. The van der Waals surface area contributed by atoms with E-state index in [-0.39, 0.29) is 23.3 Å². The summed E-state index contributed by atoms with van der Waals surface area (Å²) in [6, 6.07) is 9.25. The number of nitrogens with two attached hydrogens (primary N) is 1. The molecule has 1 saturated carbocycles. The van der Waals surface area contributed by atoms with E-state index in [0.717, 1.165) is 18.4 Å². The summed E-state index contributed by atoms with van der Waals surface area (Å²) in [4.78, 5) is 11.2. The maximum atomic E-state index is 14.5. The number of carbonyl (C=O) groups excluding carboxylic acids is 1. The number of halogens is 1. The number of allylic oxidation sites excluding steroid dienone is 1. The minimum atomic E-state index is -0.333. The number of hydrogen-bond donors (Lipinski definition) is 2. The van der Waals surface area contributed by atoms with Crippen LogP contribution in [0.4, 0.5) is 4.39 Å². The lowest BCUT2D eigenvalue weighted by molar-refractivity contribution is -0.120. The van der Waals surface area contributed by atoms with Crippen LogP contribution in [0.15, 0.2) is 36.2 Å². The van der Waals surface area contributed by atoms with Crippen molar-refractivity contribution < 1.29 is 9.18 Å². The van der Waals surface area contributed by atoms with Crippen LogP contribution in [0.5, 0.6) is 0 Å². The van der Waals surface area contributed by atoms with Crippen molar-refractivity contribution in [1.82, 2.24) is 5.32 Å². The number of hydrogen-bond acceptors (Lipinski definition) is 2. The van der Waals surface area contributed by atoms with E-state index in [9.17, 15) is 9.18 Å². The second-order valence-electron chi connectivity index (χ2n) is 5.96. The van der Waals surface area contributed by atoms with Crippen molar-refractivity contribution in [2.75, 3.05) is 0 Å². The third-order valence-corrected chi connectivity index (χ3v) is 4.64. The second-order valence-corrected chi connectivity index (χ2v) is 5.96. The summed E-state index contributed by atoms with van der Waals surface area (Å²) in [6.07, 6.45) is 2.03. The fourth-order valence-electron chi connectivity index (χ4n) is 3.27. The molecule has 1 aromatic carbocycles. The van der Waals surface area contributed by atoms with Crippen molar-refractivity contribution in [3.05, 3.63) is 41.7 Å². The number of nitrogens with one attached hydrogen (secondary N) is 1. The molecule has 0 radical (unpaired) electrons. The molecular weight excluding hydrogens is 255 g/mol. The molecule has 1 aliphatic heterocycles. The van der Waals surface area contributed by atoms with Gasteiger partial charge in [0, 0.05) is 12.0 Å². The summed E-state index contributed by atoms with van der Waals surface area (Å²) in [5.74, 6) is -0.0496. The molecule has 20 heavy (non-hydrogen) atoms. The van der Waals surface area contributed by atoms with Gasteiger partial charge in [-0.25, -0.2) is 4.39 Å². The van der Waals surface area contributed by atoms with E-state index in [4.69, 9.17) is 5.73 Å². The topological polar surface area (TPSA) is 55.1 Å². The van der Waals surface area contributed by atoms with Gasteiger partial charge in [0.15, 0.2) is 0 Å². The van der Waals surface area contributed by atoms with Crippen LogP contribution in [0, 0.1) is 5.92 Å². The molecule has 4 heteroatoms. The minimum absolute atomic E-state index is 0.101. The first kappa shape index (κ1) is 13.3. The Morgan fingerprint density at radius 3 is 2.75 bits per heavy atom. The number of carbonyl (C=O) groups is 1. The summed E-state index contributed by atoms with van der Waals surface area (Å²) in [7, 11) is 0. The van der Waals surface area contributed by atoms with Crippen molar-refractivity contribution in [3.8, 4) is 0 Å². The molecule has 1 saturated heterocycles. The Balaban J connectivity index is 1.74. The van der Waals surface area contributed by atoms with Crippen molar-refractivity contribution in [2.24, 2.45) is 11.7 Å². The quantitative estimate of drug-likeness (QED) is 0.885. The van der Waals surface area contributed by atoms with Gasteiger partial charge in [0.05, 0.1) is 6.04 Å². The SMILES string of the molecule is C/C(=C(/F)CC12CC1CC(C(N)=O)N2)c1ccccc1. The standard InChI is InChI=1S/C16H19FN2O/c1-10(11-5-3-2-4-6-11)13(17)9-16-8-12(16)7-14(19-16)15(18)20/h2-6,12,14,19H,7-9H2,1H3,(H2,18,20)/b13-10-. The van der Waals surface area contributed by atoms with Crippen LogP contribution in [0.3, 0.4) is 0 Å². The van der Waals surface area contributed by atoms with Gasteiger partial charge in [0.25, 0.3) is 0 Å². The molecule has 3 unspecified atom stereocenters. The van der Waals surface area contributed by atoms with E-state index in [1.54, 1.807) is 6.92 Å². The largest absolute Gasteiger partial charge is 0.368 e. The van der Waals surface area contributed by atoms with E-state index in [1.165, 1.54) is 0 Å². The highest BCUT2D eigenvalue weighted by Gasteiger charge is 2.61. The van der Waals surface area contributed by atoms with Crippen LogP contribution in [-0.2, 0) is 4.79 Å². The molecule has 0 bridgehead atoms. The molecule has 2 fully saturated rings. The normalized spacial score (nSPS) is 32.5. The lowest BCUT2D eigenvalue weighted by atomic mass is 10.0. The number of amides is 1. The van der Waals surface area contributed by atoms with Gasteiger partial charge in [0.1, 0.15) is 5.83 Å². The van der Waals surface area contributed by atoms with E-state index >= 15 is 0 Å².